The maximum atomic E-state index is 12.1. The van der Waals surface area contributed by atoms with Crippen LogP contribution in [0.1, 0.15) is 22.8 Å². The van der Waals surface area contributed by atoms with Crippen molar-refractivity contribution in [1.29, 1.82) is 0 Å². The summed E-state index contributed by atoms with van der Waals surface area (Å²) in [7, 11) is 1.61. The van der Waals surface area contributed by atoms with Gasteiger partial charge in [-0.3, -0.25) is 4.79 Å². The lowest BCUT2D eigenvalue weighted by Gasteiger charge is -2.24. The van der Waals surface area contributed by atoms with Crippen LogP contribution in [0.15, 0.2) is 48.5 Å². The van der Waals surface area contributed by atoms with Crippen LogP contribution >= 0.6 is 11.6 Å². The highest BCUT2D eigenvalue weighted by Crippen LogP contribution is 2.17. The van der Waals surface area contributed by atoms with Crippen molar-refractivity contribution in [2.24, 2.45) is 0 Å². The molecular weight excluding hydrogens is 314 g/mol. The van der Waals surface area contributed by atoms with E-state index >= 15 is 0 Å². The predicted molar refractivity (Wildman–Crippen MR) is 91.1 cm³/mol. The minimum absolute atomic E-state index is 0.153. The summed E-state index contributed by atoms with van der Waals surface area (Å²) in [4.78, 5) is 12.1. The second-order valence-corrected chi connectivity index (χ2v) is 6.15. The molecule has 2 rings (SSSR count). The van der Waals surface area contributed by atoms with E-state index in [-0.39, 0.29) is 12.5 Å². The quantitative estimate of drug-likeness (QED) is 0.854. The number of halogens is 1. The van der Waals surface area contributed by atoms with E-state index in [1.165, 1.54) is 0 Å². The molecule has 2 aromatic rings. The summed E-state index contributed by atoms with van der Waals surface area (Å²) in [6.45, 7) is 1.85. The number of hydrogen-bond acceptors (Lipinski definition) is 3. The zero-order chi connectivity index (χ0) is 16.9. The topological polar surface area (TPSA) is 58.6 Å². The highest BCUT2D eigenvalue weighted by Gasteiger charge is 2.22. The van der Waals surface area contributed by atoms with Crippen molar-refractivity contribution in [3.63, 3.8) is 0 Å². The maximum Gasteiger partial charge on any atom is 0.251 e. The number of amides is 1. The van der Waals surface area contributed by atoms with E-state index in [1.54, 1.807) is 38.3 Å². The molecule has 1 amide bonds. The highest BCUT2D eigenvalue weighted by molar-refractivity contribution is 6.30. The first kappa shape index (κ1) is 17.3. The minimum atomic E-state index is -1.04. The van der Waals surface area contributed by atoms with E-state index in [0.29, 0.717) is 17.0 Å². The van der Waals surface area contributed by atoms with Gasteiger partial charge in [0.15, 0.2) is 0 Å². The molecule has 0 bridgehead atoms. The Morgan fingerprint density at radius 3 is 2.35 bits per heavy atom. The summed E-state index contributed by atoms with van der Waals surface area (Å²) >= 11 is 5.80. The maximum absolute atomic E-state index is 12.1. The smallest absolute Gasteiger partial charge is 0.251 e. The largest absolute Gasteiger partial charge is 0.497 e. The molecule has 0 aliphatic rings. The summed E-state index contributed by atoms with van der Waals surface area (Å²) in [6, 6.07) is 14.1. The molecule has 4 nitrogen and oxygen atoms in total. The Morgan fingerprint density at radius 2 is 1.78 bits per heavy atom. The molecule has 23 heavy (non-hydrogen) atoms. The van der Waals surface area contributed by atoms with Gasteiger partial charge in [-0.15, -0.1) is 0 Å². The number of nitrogens with one attached hydrogen (secondary N) is 1. The lowest BCUT2D eigenvalue weighted by molar-refractivity contribution is 0.0552. The fourth-order valence-corrected chi connectivity index (χ4v) is 2.35. The summed E-state index contributed by atoms with van der Waals surface area (Å²) < 4.78 is 5.11. The molecule has 2 aromatic carbocycles. The Hall–Kier alpha value is -2.04. The van der Waals surface area contributed by atoms with Crippen molar-refractivity contribution in [3.05, 3.63) is 64.7 Å². The van der Waals surface area contributed by atoms with Crippen LogP contribution in [-0.2, 0) is 6.42 Å². The molecule has 122 valence electrons. The first-order chi connectivity index (χ1) is 10.9. The van der Waals surface area contributed by atoms with Crippen molar-refractivity contribution in [2.45, 2.75) is 18.9 Å². The number of ether oxygens (including phenoxy) is 1. The monoisotopic (exact) mass is 333 g/mol. The van der Waals surface area contributed by atoms with Gasteiger partial charge in [-0.2, -0.15) is 0 Å². The third kappa shape index (κ3) is 5.27. The minimum Gasteiger partial charge on any atom is -0.497 e. The summed E-state index contributed by atoms with van der Waals surface area (Å²) in [5.74, 6) is 0.529. The highest BCUT2D eigenvalue weighted by atomic mass is 35.5. The van der Waals surface area contributed by atoms with Crippen LogP contribution in [0.2, 0.25) is 5.02 Å². The van der Waals surface area contributed by atoms with Crippen molar-refractivity contribution in [2.75, 3.05) is 13.7 Å². The van der Waals surface area contributed by atoms with Gasteiger partial charge in [-0.05, 0) is 48.9 Å². The molecule has 0 heterocycles. The Bertz CT molecular complexity index is 651. The zero-order valence-corrected chi connectivity index (χ0v) is 13.9. The van der Waals surface area contributed by atoms with Gasteiger partial charge in [-0.25, -0.2) is 0 Å². The van der Waals surface area contributed by atoms with Crippen molar-refractivity contribution in [1.82, 2.24) is 5.32 Å². The van der Waals surface area contributed by atoms with Gasteiger partial charge >= 0.3 is 0 Å². The molecular formula is C18H20ClNO3. The predicted octanol–water partition coefficient (Wildman–Crippen LogP) is 3.07. The van der Waals surface area contributed by atoms with Crippen LogP contribution in [-0.4, -0.2) is 30.3 Å². The average molecular weight is 334 g/mol. The Morgan fingerprint density at radius 1 is 1.17 bits per heavy atom. The number of rotatable bonds is 6. The van der Waals surface area contributed by atoms with E-state index in [0.717, 1.165) is 11.3 Å². The Balaban J connectivity index is 1.92. The van der Waals surface area contributed by atoms with Gasteiger partial charge in [0.25, 0.3) is 5.91 Å². The molecule has 5 heteroatoms. The van der Waals surface area contributed by atoms with Crippen molar-refractivity contribution >= 4 is 17.5 Å². The number of benzene rings is 2. The third-order valence-corrected chi connectivity index (χ3v) is 3.73. The van der Waals surface area contributed by atoms with Crippen molar-refractivity contribution < 1.29 is 14.6 Å². The van der Waals surface area contributed by atoms with E-state index in [4.69, 9.17) is 16.3 Å². The standard InChI is InChI=1S/C18H20ClNO3/c1-18(22,11-13-3-9-16(23-2)10-4-13)12-20-17(21)14-5-7-15(19)8-6-14/h3-10,22H,11-12H2,1-2H3,(H,20,21). The molecule has 0 aromatic heterocycles. The lowest BCUT2D eigenvalue weighted by atomic mass is 9.96. The average Bonchev–Trinajstić information content (AvgIpc) is 2.54. The van der Waals surface area contributed by atoms with Gasteiger partial charge in [0, 0.05) is 23.6 Å². The molecule has 0 aliphatic heterocycles. The molecule has 0 saturated carbocycles. The molecule has 0 spiro atoms. The second-order valence-electron chi connectivity index (χ2n) is 5.71. The van der Waals surface area contributed by atoms with E-state index in [1.807, 2.05) is 24.3 Å². The molecule has 2 N–H and O–H groups in total. The summed E-state index contributed by atoms with van der Waals surface area (Å²) in [5.41, 5.74) is 0.433. The fourth-order valence-electron chi connectivity index (χ4n) is 2.22. The van der Waals surface area contributed by atoms with E-state index < -0.39 is 5.60 Å². The van der Waals surface area contributed by atoms with Crippen LogP contribution in [0, 0.1) is 0 Å². The number of carbonyl (C=O) groups excluding carboxylic acids is 1. The van der Waals surface area contributed by atoms with Crippen LogP contribution < -0.4 is 10.1 Å². The lowest BCUT2D eigenvalue weighted by Crippen LogP contribution is -2.42. The van der Waals surface area contributed by atoms with Gasteiger partial charge < -0.3 is 15.2 Å². The molecule has 1 unspecified atom stereocenters. The van der Waals surface area contributed by atoms with Crippen LogP contribution in [0.3, 0.4) is 0 Å². The third-order valence-electron chi connectivity index (χ3n) is 3.48. The molecule has 0 saturated heterocycles. The summed E-state index contributed by atoms with van der Waals surface area (Å²) in [5, 5.41) is 13.8. The first-order valence-electron chi connectivity index (χ1n) is 7.29. The first-order valence-corrected chi connectivity index (χ1v) is 7.66. The van der Waals surface area contributed by atoms with Crippen LogP contribution in [0.4, 0.5) is 0 Å². The van der Waals surface area contributed by atoms with E-state index in [9.17, 15) is 9.90 Å². The van der Waals surface area contributed by atoms with Gasteiger partial charge in [0.1, 0.15) is 5.75 Å². The molecule has 0 fully saturated rings. The molecule has 0 aliphatic carbocycles. The van der Waals surface area contributed by atoms with Gasteiger partial charge in [0.05, 0.1) is 12.7 Å². The van der Waals surface area contributed by atoms with E-state index in [2.05, 4.69) is 5.32 Å². The number of hydrogen-bond donors (Lipinski definition) is 2. The number of aliphatic hydroxyl groups is 1. The normalized spacial score (nSPS) is 13.2. The zero-order valence-electron chi connectivity index (χ0n) is 13.2. The van der Waals surface area contributed by atoms with Crippen LogP contribution in [0.5, 0.6) is 5.75 Å². The SMILES string of the molecule is COc1ccc(CC(C)(O)CNC(=O)c2ccc(Cl)cc2)cc1. The number of carbonyl (C=O) groups is 1. The number of methoxy groups -OCH3 is 1. The van der Waals surface area contributed by atoms with Gasteiger partial charge in [0.2, 0.25) is 0 Å². The van der Waals surface area contributed by atoms with Crippen molar-refractivity contribution in [3.8, 4) is 5.75 Å². The second kappa shape index (κ2) is 7.49. The van der Waals surface area contributed by atoms with Crippen LogP contribution in [0.25, 0.3) is 0 Å². The van der Waals surface area contributed by atoms with Gasteiger partial charge in [-0.1, -0.05) is 23.7 Å². The Labute approximate surface area is 141 Å². The fraction of sp³-hybridized carbons (Fsp3) is 0.278. The molecule has 0 radical (unpaired) electrons. The molecule has 1 atom stereocenters. The summed E-state index contributed by atoms with van der Waals surface area (Å²) in [6.07, 6.45) is 0.428. The Kier molecular flexibility index (Phi) is 5.64.